The van der Waals surface area contributed by atoms with E-state index in [4.69, 9.17) is 16.6 Å². The molecule has 31 heavy (non-hydrogen) atoms. The minimum atomic E-state index is -0.663. The molecule has 2 aromatic heterocycles. The summed E-state index contributed by atoms with van der Waals surface area (Å²) < 4.78 is 1.56. The molecular weight excluding hydrogens is 436 g/mol. The molecule has 0 spiro atoms. The van der Waals surface area contributed by atoms with Gasteiger partial charge < -0.3 is 20.0 Å². The van der Waals surface area contributed by atoms with Crippen LogP contribution in [0.25, 0.3) is 15.9 Å². The zero-order chi connectivity index (χ0) is 22.3. The van der Waals surface area contributed by atoms with Gasteiger partial charge in [-0.25, -0.2) is 9.55 Å². The molecule has 9 heteroatoms. The highest BCUT2D eigenvalue weighted by Gasteiger charge is 2.27. The van der Waals surface area contributed by atoms with Crippen molar-refractivity contribution in [2.75, 3.05) is 31.6 Å². The Morgan fingerprint density at radius 1 is 1.26 bits per heavy atom. The Kier molecular flexibility index (Phi) is 6.37. The molecule has 0 saturated carbocycles. The van der Waals surface area contributed by atoms with E-state index >= 15 is 0 Å². The summed E-state index contributed by atoms with van der Waals surface area (Å²) in [6, 6.07) is 7.10. The van der Waals surface area contributed by atoms with Crippen LogP contribution in [0.1, 0.15) is 24.3 Å². The summed E-state index contributed by atoms with van der Waals surface area (Å²) in [6.45, 7) is 5.51. The van der Waals surface area contributed by atoms with Gasteiger partial charge in [-0.15, -0.1) is 11.3 Å². The molecule has 0 saturated heterocycles. The molecule has 0 bridgehead atoms. The number of fused-ring (bicyclic) bond motifs is 3. The number of likely N-dealkylation sites (N-methyl/N-ethyl adjacent to an activating group) is 1. The molecule has 0 radical (unpaired) electrons. The number of hydrogen-bond donors (Lipinski definition) is 2. The molecule has 0 aliphatic carbocycles. The molecule has 3 aromatic rings. The number of anilines is 1. The molecular formula is C22H27ClN4O3S. The first-order chi connectivity index (χ1) is 14.7. The third-order valence-corrected chi connectivity index (χ3v) is 6.71. The van der Waals surface area contributed by atoms with E-state index in [2.05, 4.69) is 11.9 Å². The van der Waals surface area contributed by atoms with Gasteiger partial charge in [0.05, 0.1) is 23.3 Å². The molecule has 0 fully saturated rings. The van der Waals surface area contributed by atoms with Gasteiger partial charge in [-0.1, -0.05) is 17.7 Å². The minimum absolute atomic E-state index is 0.148. The molecule has 1 aliphatic rings. The number of aliphatic hydroxyl groups excluding tert-OH is 2. The van der Waals surface area contributed by atoms with Crippen molar-refractivity contribution in [1.29, 1.82) is 0 Å². The number of halogens is 1. The van der Waals surface area contributed by atoms with E-state index in [-0.39, 0.29) is 18.6 Å². The maximum atomic E-state index is 13.9. The van der Waals surface area contributed by atoms with Crippen molar-refractivity contribution < 1.29 is 10.2 Å². The maximum Gasteiger partial charge on any atom is 0.268 e. The molecule has 0 unspecified atom stereocenters. The zero-order valence-electron chi connectivity index (χ0n) is 17.9. The predicted molar refractivity (Wildman–Crippen MR) is 126 cm³/mol. The molecule has 166 valence electrons. The first-order valence-corrected chi connectivity index (χ1v) is 11.6. The van der Waals surface area contributed by atoms with E-state index in [9.17, 15) is 15.0 Å². The van der Waals surface area contributed by atoms with Crippen molar-refractivity contribution in [3.63, 3.8) is 0 Å². The molecule has 2 N–H and O–H groups in total. The summed E-state index contributed by atoms with van der Waals surface area (Å²) in [7, 11) is 2.07. The highest BCUT2D eigenvalue weighted by atomic mass is 35.5. The van der Waals surface area contributed by atoms with Gasteiger partial charge in [0.2, 0.25) is 5.95 Å². The second-order valence-electron chi connectivity index (χ2n) is 8.31. The van der Waals surface area contributed by atoms with Gasteiger partial charge in [0.25, 0.3) is 5.56 Å². The smallest absolute Gasteiger partial charge is 0.268 e. The standard InChI is InChI=1S/C22H27ClN4O3S/c1-13(28)10-26(11-14(2)29)22-24-20-19(17-7-8-25(3)12-18(17)31-20)21(30)27(22)16-6-4-5-15(23)9-16/h4-6,9,13-14,28-29H,7-8,10-12H2,1-3H3/t13-,14-/m0/s1. The monoisotopic (exact) mass is 462 g/mol. The van der Waals surface area contributed by atoms with Gasteiger partial charge in [0, 0.05) is 36.1 Å². The number of aliphatic hydroxyl groups is 2. The van der Waals surface area contributed by atoms with Crippen LogP contribution in [0.2, 0.25) is 5.02 Å². The van der Waals surface area contributed by atoms with Crippen molar-refractivity contribution in [3.8, 4) is 5.69 Å². The average molecular weight is 463 g/mol. The van der Waals surface area contributed by atoms with Gasteiger partial charge in [0.1, 0.15) is 4.83 Å². The number of benzene rings is 1. The summed E-state index contributed by atoms with van der Waals surface area (Å²) in [5.41, 5.74) is 1.54. The Bertz CT molecular complexity index is 1150. The minimum Gasteiger partial charge on any atom is -0.392 e. The van der Waals surface area contributed by atoms with E-state index in [0.29, 0.717) is 26.9 Å². The van der Waals surface area contributed by atoms with E-state index in [1.54, 1.807) is 52.9 Å². The fraction of sp³-hybridized carbons (Fsp3) is 0.455. The van der Waals surface area contributed by atoms with Crippen LogP contribution in [0.4, 0.5) is 5.95 Å². The Morgan fingerprint density at radius 2 is 1.97 bits per heavy atom. The van der Waals surface area contributed by atoms with Gasteiger partial charge in [0.15, 0.2) is 0 Å². The SMILES string of the molecule is C[C@H](O)CN(C[C@H](C)O)c1nc2sc3c(c2c(=O)n1-c1cccc(Cl)c1)CCN(C)C3. The van der Waals surface area contributed by atoms with Crippen molar-refractivity contribution >= 4 is 39.1 Å². The van der Waals surface area contributed by atoms with Crippen LogP contribution in [0.5, 0.6) is 0 Å². The van der Waals surface area contributed by atoms with Crippen molar-refractivity contribution in [1.82, 2.24) is 14.5 Å². The number of hydrogen-bond acceptors (Lipinski definition) is 7. The number of nitrogens with zero attached hydrogens (tertiary/aromatic N) is 4. The zero-order valence-corrected chi connectivity index (χ0v) is 19.4. The summed E-state index contributed by atoms with van der Waals surface area (Å²) in [5.74, 6) is 0.397. The van der Waals surface area contributed by atoms with Gasteiger partial charge in [-0.3, -0.25) is 4.79 Å². The lowest BCUT2D eigenvalue weighted by Gasteiger charge is -2.28. The number of rotatable bonds is 6. The summed E-state index contributed by atoms with van der Waals surface area (Å²) in [4.78, 5) is 24.6. The lowest BCUT2D eigenvalue weighted by atomic mass is 10.1. The molecule has 4 rings (SSSR count). The van der Waals surface area contributed by atoms with Crippen LogP contribution in [0.3, 0.4) is 0 Å². The highest BCUT2D eigenvalue weighted by Crippen LogP contribution is 2.34. The average Bonchev–Trinajstić information content (AvgIpc) is 3.04. The van der Waals surface area contributed by atoms with E-state index in [1.807, 2.05) is 6.07 Å². The number of thiophene rings is 1. The van der Waals surface area contributed by atoms with Crippen molar-refractivity contribution in [3.05, 3.63) is 50.1 Å². The fourth-order valence-corrected chi connectivity index (χ4v) is 5.57. The van der Waals surface area contributed by atoms with E-state index in [0.717, 1.165) is 25.1 Å². The van der Waals surface area contributed by atoms with Crippen LogP contribution in [0.15, 0.2) is 29.1 Å². The molecule has 1 aromatic carbocycles. The Hall–Kier alpha value is -1.97. The van der Waals surface area contributed by atoms with Crippen molar-refractivity contribution in [2.24, 2.45) is 0 Å². The third kappa shape index (κ3) is 4.49. The van der Waals surface area contributed by atoms with Gasteiger partial charge in [-0.05, 0) is 51.1 Å². The molecule has 2 atom stereocenters. The molecule has 0 amide bonds. The van der Waals surface area contributed by atoms with E-state index in [1.165, 1.54) is 4.88 Å². The third-order valence-electron chi connectivity index (χ3n) is 5.37. The second-order valence-corrected chi connectivity index (χ2v) is 9.83. The summed E-state index contributed by atoms with van der Waals surface area (Å²) >= 11 is 7.79. The van der Waals surface area contributed by atoms with Gasteiger partial charge >= 0.3 is 0 Å². The Balaban J connectivity index is 2.01. The van der Waals surface area contributed by atoms with Crippen LogP contribution >= 0.6 is 22.9 Å². The predicted octanol–water partition coefficient (Wildman–Crippen LogP) is 2.66. The largest absolute Gasteiger partial charge is 0.392 e. The van der Waals surface area contributed by atoms with Crippen LogP contribution in [-0.2, 0) is 13.0 Å². The summed E-state index contributed by atoms with van der Waals surface area (Å²) in [6.07, 6.45) is -0.517. The molecule has 7 nitrogen and oxygen atoms in total. The Morgan fingerprint density at radius 3 is 2.61 bits per heavy atom. The van der Waals surface area contributed by atoms with Crippen molar-refractivity contribution in [2.45, 2.75) is 39.0 Å². The van der Waals surface area contributed by atoms with Crippen LogP contribution in [0, 0.1) is 0 Å². The normalized spacial score (nSPS) is 16.3. The lowest BCUT2D eigenvalue weighted by Crippen LogP contribution is -2.40. The quantitative estimate of drug-likeness (QED) is 0.586. The number of aromatic nitrogens is 2. The van der Waals surface area contributed by atoms with Crippen LogP contribution in [-0.4, -0.2) is 63.6 Å². The fourth-order valence-electron chi connectivity index (χ4n) is 4.10. The highest BCUT2D eigenvalue weighted by molar-refractivity contribution is 7.18. The van der Waals surface area contributed by atoms with Crippen LogP contribution < -0.4 is 10.5 Å². The molecule has 3 heterocycles. The van der Waals surface area contributed by atoms with E-state index < -0.39 is 12.2 Å². The topological polar surface area (TPSA) is 81.8 Å². The lowest BCUT2D eigenvalue weighted by molar-refractivity contribution is 0.177. The Labute approximate surface area is 190 Å². The first-order valence-electron chi connectivity index (χ1n) is 10.4. The first kappa shape index (κ1) is 22.2. The summed E-state index contributed by atoms with van der Waals surface area (Å²) in [5, 5.41) is 21.3. The second kappa shape index (κ2) is 8.88. The van der Waals surface area contributed by atoms with Gasteiger partial charge in [-0.2, -0.15) is 0 Å². The molecule has 1 aliphatic heterocycles. The maximum absolute atomic E-state index is 13.9.